The largest absolute Gasteiger partial charge is 0.465 e. The topological polar surface area (TPSA) is 63.7 Å². The van der Waals surface area contributed by atoms with Crippen molar-refractivity contribution in [2.75, 3.05) is 12.0 Å². The Bertz CT molecular complexity index is 1330. The zero-order chi connectivity index (χ0) is 24.1. The number of methoxy groups -OCH3 is 1. The number of fused-ring (bicyclic) bond motifs is 5. The van der Waals surface area contributed by atoms with E-state index in [1.54, 1.807) is 24.3 Å². The van der Waals surface area contributed by atoms with Gasteiger partial charge in [-0.3, -0.25) is 9.59 Å². The Morgan fingerprint density at radius 1 is 0.714 bits per heavy atom. The van der Waals surface area contributed by atoms with Crippen molar-refractivity contribution in [3.8, 4) is 0 Å². The molecule has 0 spiro atoms. The van der Waals surface area contributed by atoms with E-state index in [4.69, 9.17) is 4.74 Å². The first-order chi connectivity index (χ1) is 17.1. The fraction of sp³-hybridized carbons (Fsp3) is 0.167. The predicted octanol–water partition coefficient (Wildman–Crippen LogP) is 4.90. The van der Waals surface area contributed by atoms with Crippen LogP contribution >= 0.6 is 0 Å². The van der Waals surface area contributed by atoms with E-state index >= 15 is 0 Å². The third kappa shape index (κ3) is 3.19. The molecule has 5 nitrogen and oxygen atoms in total. The summed E-state index contributed by atoms with van der Waals surface area (Å²) in [5.41, 5.74) is 5.11. The van der Waals surface area contributed by atoms with Crippen LogP contribution in [0, 0.1) is 23.7 Å². The van der Waals surface area contributed by atoms with Crippen molar-refractivity contribution in [1.82, 2.24) is 0 Å². The molecule has 3 aromatic rings. The molecular formula is C30H23NO4. The van der Waals surface area contributed by atoms with Gasteiger partial charge in [0.1, 0.15) is 0 Å². The SMILES string of the molecule is COC(=O)c1cccc(N2C(=O)[C@@H]3[C@H](C2=O)[C@@H]2C=C[C@H]3C2=C(c2ccccc2)c2ccccc2)c1. The Balaban J connectivity index is 1.45. The van der Waals surface area contributed by atoms with Gasteiger partial charge in [-0.2, -0.15) is 0 Å². The van der Waals surface area contributed by atoms with E-state index in [0.29, 0.717) is 11.3 Å². The highest BCUT2D eigenvalue weighted by Crippen LogP contribution is 2.58. The van der Waals surface area contributed by atoms with Gasteiger partial charge < -0.3 is 4.74 Å². The predicted molar refractivity (Wildman–Crippen MR) is 132 cm³/mol. The lowest BCUT2D eigenvalue weighted by Crippen LogP contribution is -2.33. The van der Waals surface area contributed by atoms with Gasteiger partial charge >= 0.3 is 5.97 Å². The second kappa shape index (κ2) is 8.20. The Morgan fingerprint density at radius 2 is 1.23 bits per heavy atom. The summed E-state index contributed by atoms with van der Waals surface area (Å²) in [6, 6.07) is 26.8. The summed E-state index contributed by atoms with van der Waals surface area (Å²) >= 11 is 0. The van der Waals surface area contributed by atoms with Crippen LogP contribution in [0.3, 0.4) is 0 Å². The quantitative estimate of drug-likeness (QED) is 0.315. The van der Waals surface area contributed by atoms with Gasteiger partial charge in [0.25, 0.3) is 0 Å². The number of hydrogen-bond donors (Lipinski definition) is 0. The first-order valence-electron chi connectivity index (χ1n) is 11.7. The van der Waals surface area contributed by atoms with Crippen molar-refractivity contribution in [3.05, 3.63) is 119 Å². The van der Waals surface area contributed by atoms with E-state index in [1.807, 2.05) is 36.4 Å². The van der Waals surface area contributed by atoms with Crippen molar-refractivity contribution in [2.45, 2.75) is 0 Å². The van der Waals surface area contributed by atoms with Crippen LogP contribution in [0.2, 0.25) is 0 Å². The van der Waals surface area contributed by atoms with Gasteiger partial charge in [-0.15, -0.1) is 0 Å². The number of carbonyl (C=O) groups is 3. The van der Waals surface area contributed by atoms with Crippen LogP contribution in [0.4, 0.5) is 5.69 Å². The summed E-state index contributed by atoms with van der Waals surface area (Å²) in [4.78, 5) is 40.7. The number of anilines is 1. The second-order valence-electron chi connectivity index (χ2n) is 9.10. The number of ether oxygens (including phenoxy) is 1. The maximum absolute atomic E-state index is 13.7. The number of nitrogens with zero attached hydrogens (tertiary/aromatic N) is 1. The molecule has 0 unspecified atom stereocenters. The molecule has 35 heavy (non-hydrogen) atoms. The van der Waals surface area contributed by atoms with Crippen molar-refractivity contribution < 1.29 is 19.1 Å². The average Bonchev–Trinajstić information content (AvgIpc) is 3.54. The second-order valence-corrected chi connectivity index (χ2v) is 9.10. The van der Waals surface area contributed by atoms with Crippen LogP contribution in [0.15, 0.2) is 103 Å². The van der Waals surface area contributed by atoms with Gasteiger partial charge in [-0.25, -0.2) is 9.69 Å². The molecule has 2 amide bonds. The summed E-state index contributed by atoms with van der Waals surface area (Å²) < 4.78 is 4.81. The molecule has 3 aliphatic rings. The number of rotatable bonds is 4. The monoisotopic (exact) mass is 461 g/mol. The molecule has 172 valence electrons. The van der Waals surface area contributed by atoms with Crippen LogP contribution in [-0.2, 0) is 14.3 Å². The lowest BCUT2D eigenvalue weighted by atomic mass is 9.85. The standard InChI is InChI=1S/C30H23NO4/c1-35-30(34)20-13-8-14-21(17-20)31-28(32)26-22-15-16-23(27(26)29(31)33)25(22)24(18-9-4-2-5-10-18)19-11-6-3-7-12-19/h2-17,22-23,26-27H,1H3/t22-,23+,26-,27+. The van der Waals surface area contributed by atoms with E-state index in [0.717, 1.165) is 22.3 Å². The van der Waals surface area contributed by atoms with Gasteiger partial charge in [0.15, 0.2) is 0 Å². The molecule has 1 heterocycles. The van der Waals surface area contributed by atoms with Crippen molar-refractivity contribution >= 4 is 29.0 Å². The van der Waals surface area contributed by atoms with Crippen LogP contribution < -0.4 is 4.90 Å². The van der Waals surface area contributed by atoms with Gasteiger partial charge in [0.05, 0.1) is 30.2 Å². The van der Waals surface area contributed by atoms with Gasteiger partial charge in [-0.1, -0.05) is 78.9 Å². The van der Waals surface area contributed by atoms with Gasteiger partial charge in [0.2, 0.25) is 11.8 Å². The van der Waals surface area contributed by atoms with Gasteiger partial charge in [-0.05, 0) is 40.5 Å². The zero-order valence-electron chi connectivity index (χ0n) is 19.1. The summed E-state index contributed by atoms with van der Waals surface area (Å²) in [6.45, 7) is 0. The molecule has 0 radical (unpaired) electrons. The highest BCUT2D eigenvalue weighted by atomic mass is 16.5. The molecule has 4 atom stereocenters. The Morgan fingerprint density at radius 3 is 1.74 bits per heavy atom. The molecule has 2 aliphatic carbocycles. The molecule has 0 aromatic heterocycles. The third-order valence-electron chi connectivity index (χ3n) is 7.35. The normalized spacial score (nSPS) is 24.1. The smallest absolute Gasteiger partial charge is 0.337 e. The van der Waals surface area contributed by atoms with Crippen LogP contribution in [0.5, 0.6) is 0 Å². The highest BCUT2D eigenvalue weighted by Gasteiger charge is 2.62. The van der Waals surface area contributed by atoms with Crippen LogP contribution in [0.1, 0.15) is 21.5 Å². The molecule has 0 N–H and O–H groups in total. The van der Waals surface area contributed by atoms with Gasteiger partial charge in [0, 0.05) is 11.8 Å². The lowest BCUT2D eigenvalue weighted by Gasteiger charge is -2.22. The molecule has 3 aromatic carbocycles. The van der Waals surface area contributed by atoms with E-state index in [1.165, 1.54) is 12.0 Å². The Hall–Kier alpha value is -4.25. The summed E-state index contributed by atoms with van der Waals surface area (Å²) in [7, 11) is 1.31. The first-order valence-corrected chi connectivity index (χ1v) is 11.7. The van der Waals surface area contributed by atoms with Crippen molar-refractivity contribution in [2.24, 2.45) is 23.7 Å². The van der Waals surface area contributed by atoms with E-state index < -0.39 is 17.8 Å². The average molecular weight is 462 g/mol. The lowest BCUT2D eigenvalue weighted by molar-refractivity contribution is -0.122. The van der Waals surface area contributed by atoms with E-state index in [-0.39, 0.29) is 23.7 Å². The minimum atomic E-state index is -0.506. The van der Waals surface area contributed by atoms with Crippen molar-refractivity contribution in [3.63, 3.8) is 0 Å². The van der Waals surface area contributed by atoms with Crippen LogP contribution in [0.25, 0.3) is 5.57 Å². The van der Waals surface area contributed by atoms with E-state index in [9.17, 15) is 14.4 Å². The number of amides is 2. The maximum atomic E-state index is 13.7. The Labute approximate surface area is 203 Å². The molecule has 2 bridgehead atoms. The molecule has 1 aliphatic heterocycles. The van der Waals surface area contributed by atoms with Crippen LogP contribution in [-0.4, -0.2) is 24.9 Å². The number of benzene rings is 3. The molecular weight excluding hydrogens is 438 g/mol. The third-order valence-corrected chi connectivity index (χ3v) is 7.35. The number of allylic oxidation sites excluding steroid dienone is 3. The summed E-state index contributed by atoms with van der Waals surface area (Å²) in [5, 5.41) is 0. The zero-order valence-corrected chi connectivity index (χ0v) is 19.1. The molecule has 5 heteroatoms. The molecule has 2 fully saturated rings. The minimum Gasteiger partial charge on any atom is -0.465 e. The Kier molecular flexibility index (Phi) is 4.99. The highest BCUT2D eigenvalue weighted by molar-refractivity contribution is 6.23. The fourth-order valence-electron chi connectivity index (χ4n) is 5.95. The maximum Gasteiger partial charge on any atom is 0.337 e. The van der Waals surface area contributed by atoms with Crippen molar-refractivity contribution in [1.29, 1.82) is 0 Å². The van der Waals surface area contributed by atoms with E-state index in [2.05, 4.69) is 36.4 Å². The summed E-state index contributed by atoms with van der Waals surface area (Å²) in [6.07, 6.45) is 4.18. The minimum absolute atomic E-state index is 0.148. The first kappa shape index (κ1) is 21.3. The number of esters is 1. The fourth-order valence-corrected chi connectivity index (χ4v) is 5.95. The number of hydrogen-bond acceptors (Lipinski definition) is 4. The number of carbonyl (C=O) groups excluding carboxylic acids is 3. The number of imide groups is 1. The molecule has 6 rings (SSSR count). The molecule has 1 saturated heterocycles. The molecule has 1 saturated carbocycles. The summed E-state index contributed by atoms with van der Waals surface area (Å²) in [5.74, 6) is -2.12.